The Morgan fingerprint density at radius 3 is 2.50 bits per heavy atom. The van der Waals surface area contributed by atoms with E-state index in [0.29, 0.717) is 11.4 Å². The summed E-state index contributed by atoms with van der Waals surface area (Å²) >= 11 is 1.63. The minimum atomic E-state index is -1.59. The molecule has 1 heterocycles. The summed E-state index contributed by atoms with van der Waals surface area (Å²) in [4.78, 5) is 43.3. The Labute approximate surface area is 262 Å². The van der Waals surface area contributed by atoms with Crippen molar-refractivity contribution in [1.82, 2.24) is 15.5 Å². The molecule has 8 nitrogen and oxygen atoms in total. The number of nitrogens with zero attached hydrogens (tertiary/aromatic N) is 1. The fourth-order valence-corrected chi connectivity index (χ4v) is 8.77. The SMILES string of the molecule is Cc1c(O)cccc1C(=O)NC(Cc1ccccc1)C(O)C(=O)N1CSC2(CCCC2)C1C(=O)NC1CCc2ccccc21. The molecule has 4 N–H and O–H groups in total. The number of carbonyl (C=O) groups is 3. The van der Waals surface area contributed by atoms with Gasteiger partial charge in [0.1, 0.15) is 11.8 Å². The summed E-state index contributed by atoms with van der Waals surface area (Å²) in [7, 11) is 0. The molecule has 0 bridgehead atoms. The second-order valence-corrected chi connectivity index (χ2v) is 13.6. The van der Waals surface area contributed by atoms with E-state index >= 15 is 0 Å². The third-order valence-corrected chi connectivity index (χ3v) is 11.1. The average Bonchev–Trinajstić information content (AvgIpc) is 3.77. The molecule has 4 unspecified atom stereocenters. The summed E-state index contributed by atoms with van der Waals surface area (Å²) in [5.41, 5.74) is 3.87. The zero-order chi connectivity index (χ0) is 30.8. The van der Waals surface area contributed by atoms with Gasteiger partial charge in [-0.25, -0.2) is 0 Å². The van der Waals surface area contributed by atoms with Crippen LogP contribution in [0.5, 0.6) is 5.75 Å². The zero-order valence-electron chi connectivity index (χ0n) is 24.9. The molecule has 44 heavy (non-hydrogen) atoms. The van der Waals surface area contributed by atoms with E-state index in [-0.39, 0.29) is 29.7 Å². The number of hydrogen-bond acceptors (Lipinski definition) is 6. The van der Waals surface area contributed by atoms with Crippen LogP contribution in [-0.2, 0) is 22.4 Å². The molecule has 9 heteroatoms. The smallest absolute Gasteiger partial charge is 0.254 e. The lowest BCUT2D eigenvalue weighted by Gasteiger charge is -2.35. The molecular formula is C35H39N3O5S. The number of carbonyl (C=O) groups excluding carboxylic acids is 3. The van der Waals surface area contributed by atoms with E-state index in [1.165, 1.54) is 11.6 Å². The molecule has 1 saturated heterocycles. The van der Waals surface area contributed by atoms with E-state index in [1.807, 2.05) is 42.5 Å². The summed E-state index contributed by atoms with van der Waals surface area (Å²) in [5.74, 6) is -0.959. The molecule has 3 aromatic rings. The van der Waals surface area contributed by atoms with Gasteiger partial charge in [-0.2, -0.15) is 0 Å². The Kier molecular flexibility index (Phi) is 8.69. The Hall–Kier alpha value is -3.82. The van der Waals surface area contributed by atoms with Crippen LogP contribution in [0, 0.1) is 6.92 Å². The highest BCUT2D eigenvalue weighted by Crippen LogP contribution is 2.51. The predicted molar refractivity (Wildman–Crippen MR) is 170 cm³/mol. The fraction of sp³-hybridized carbons (Fsp3) is 0.400. The summed E-state index contributed by atoms with van der Waals surface area (Å²) in [5, 5.41) is 28.0. The van der Waals surface area contributed by atoms with Crippen LogP contribution in [0.15, 0.2) is 72.8 Å². The predicted octanol–water partition coefficient (Wildman–Crippen LogP) is 4.42. The number of fused-ring (bicyclic) bond motifs is 1. The Morgan fingerprint density at radius 1 is 1.00 bits per heavy atom. The monoisotopic (exact) mass is 613 g/mol. The molecule has 1 spiro atoms. The fourth-order valence-electron chi connectivity index (χ4n) is 7.12. The normalized spacial score (nSPS) is 21.5. The quantitative estimate of drug-likeness (QED) is 0.299. The standard InChI is InChI=1S/C35H39N3O5S/c1-22-25(14-9-15-29(22)39)32(41)37-28(20-23-10-3-2-4-11-23)30(40)34(43)38-21-44-35(18-7-8-19-35)31(38)33(42)36-27-17-16-24-12-5-6-13-26(24)27/h2-6,9-15,27-28,30-31,39-40H,7-8,16-21H2,1H3,(H,36,42)(H,37,41). The maximum absolute atomic E-state index is 14.2. The number of nitrogens with one attached hydrogen (secondary N) is 2. The highest BCUT2D eigenvalue weighted by molar-refractivity contribution is 8.01. The summed E-state index contributed by atoms with van der Waals surface area (Å²) < 4.78 is -0.394. The van der Waals surface area contributed by atoms with Crippen LogP contribution in [-0.4, -0.2) is 61.6 Å². The minimum absolute atomic E-state index is 0.0106. The largest absolute Gasteiger partial charge is 0.508 e. The molecule has 2 fully saturated rings. The van der Waals surface area contributed by atoms with E-state index < -0.39 is 34.7 Å². The Morgan fingerprint density at radius 2 is 1.73 bits per heavy atom. The highest BCUT2D eigenvalue weighted by Gasteiger charge is 2.56. The maximum atomic E-state index is 14.2. The number of amides is 3. The van der Waals surface area contributed by atoms with Crippen LogP contribution in [0.3, 0.4) is 0 Å². The molecule has 1 aliphatic heterocycles. The molecule has 6 rings (SSSR count). The van der Waals surface area contributed by atoms with E-state index in [1.54, 1.807) is 35.7 Å². The van der Waals surface area contributed by atoms with Gasteiger partial charge in [0.15, 0.2) is 6.10 Å². The van der Waals surface area contributed by atoms with Crippen molar-refractivity contribution in [2.75, 3.05) is 5.88 Å². The Bertz CT molecular complexity index is 1540. The van der Waals surface area contributed by atoms with Crippen molar-refractivity contribution in [3.05, 3.63) is 101 Å². The first-order valence-corrected chi connectivity index (χ1v) is 16.4. The van der Waals surface area contributed by atoms with Crippen molar-refractivity contribution in [3.8, 4) is 5.75 Å². The molecule has 3 aromatic carbocycles. The van der Waals surface area contributed by atoms with Gasteiger partial charge >= 0.3 is 0 Å². The lowest BCUT2D eigenvalue weighted by molar-refractivity contribution is -0.147. The zero-order valence-corrected chi connectivity index (χ0v) is 25.7. The van der Waals surface area contributed by atoms with Crippen molar-refractivity contribution in [2.45, 2.75) is 80.8 Å². The second kappa shape index (κ2) is 12.7. The summed E-state index contributed by atoms with van der Waals surface area (Å²) in [6, 6.07) is 20.4. The first kappa shape index (κ1) is 30.2. The van der Waals surface area contributed by atoms with E-state index in [4.69, 9.17) is 0 Å². The van der Waals surface area contributed by atoms with Gasteiger partial charge in [-0.05, 0) is 67.9 Å². The molecule has 3 amide bonds. The number of phenolic OH excluding ortho intramolecular Hbond substituents is 1. The van der Waals surface area contributed by atoms with Gasteiger partial charge in [0.2, 0.25) is 5.91 Å². The summed E-state index contributed by atoms with van der Waals surface area (Å²) in [6.45, 7) is 1.65. The topological polar surface area (TPSA) is 119 Å². The number of benzene rings is 3. The van der Waals surface area contributed by atoms with Gasteiger partial charge in [0, 0.05) is 15.9 Å². The van der Waals surface area contributed by atoms with Gasteiger partial charge in [0.25, 0.3) is 11.8 Å². The third-order valence-electron chi connectivity index (χ3n) is 9.53. The lowest BCUT2D eigenvalue weighted by atomic mass is 9.93. The minimum Gasteiger partial charge on any atom is -0.508 e. The molecule has 0 aromatic heterocycles. The first-order chi connectivity index (χ1) is 21.3. The average molecular weight is 614 g/mol. The maximum Gasteiger partial charge on any atom is 0.254 e. The number of phenols is 1. The van der Waals surface area contributed by atoms with Crippen molar-refractivity contribution >= 4 is 29.5 Å². The molecule has 4 atom stereocenters. The second-order valence-electron chi connectivity index (χ2n) is 12.2. The van der Waals surface area contributed by atoms with Crippen molar-refractivity contribution in [2.24, 2.45) is 0 Å². The number of aliphatic hydroxyl groups is 1. The molecule has 230 valence electrons. The van der Waals surface area contributed by atoms with Crippen LogP contribution < -0.4 is 10.6 Å². The molecule has 3 aliphatic rings. The van der Waals surface area contributed by atoms with Crippen molar-refractivity contribution in [1.29, 1.82) is 0 Å². The van der Waals surface area contributed by atoms with Crippen molar-refractivity contribution < 1.29 is 24.6 Å². The number of rotatable bonds is 8. The van der Waals surface area contributed by atoms with Crippen LogP contribution in [0.4, 0.5) is 0 Å². The van der Waals surface area contributed by atoms with Gasteiger partial charge in [0.05, 0.1) is 18.0 Å². The number of thioether (sulfide) groups is 1. The van der Waals surface area contributed by atoms with Crippen LogP contribution >= 0.6 is 11.8 Å². The summed E-state index contributed by atoms with van der Waals surface area (Å²) in [6.07, 6.45) is 3.97. The van der Waals surface area contributed by atoms with Gasteiger partial charge in [-0.3, -0.25) is 14.4 Å². The molecule has 0 radical (unpaired) electrons. The Balaban J connectivity index is 1.26. The van der Waals surface area contributed by atoms with Gasteiger partial charge < -0.3 is 25.7 Å². The van der Waals surface area contributed by atoms with Crippen LogP contribution in [0.25, 0.3) is 0 Å². The lowest BCUT2D eigenvalue weighted by Crippen LogP contribution is -2.59. The van der Waals surface area contributed by atoms with E-state index in [0.717, 1.165) is 49.7 Å². The molecule has 1 saturated carbocycles. The van der Waals surface area contributed by atoms with Gasteiger partial charge in [-0.1, -0.05) is 73.5 Å². The van der Waals surface area contributed by atoms with Gasteiger partial charge in [-0.15, -0.1) is 11.8 Å². The van der Waals surface area contributed by atoms with E-state index in [9.17, 15) is 24.6 Å². The number of hydrogen-bond donors (Lipinski definition) is 4. The van der Waals surface area contributed by atoms with Crippen LogP contribution in [0.1, 0.15) is 70.8 Å². The number of aliphatic hydroxyl groups excluding tert-OH is 1. The number of aromatic hydroxyl groups is 1. The van der Waals surface area contributed by atoms with E-state index in [2.05, 4.69) is 22.8 Å². The molecular weight excluding hydrogens is 574 g/mol. The highest BCUT2D eigenvalue weighted by atomic mass is 32.2. The molecule has 2 aliphatic carbocycles. The number of aryl methyl sites for hydroxylation is 1. The third kappa shape index (κ3) is 5.83. The first-order valence-electron chi connectivity index (χ1n) is 15.4. The van der Waals surface area contributed by atoms with Crippen molar-refractivity contribution in [3.63, 3.8) is 0 Å². The van der Waals surface area contributed by atoms with Crippen LogP contribution in [0.2, 0.25) is 0 Å².